The van der Waals surface area contributed by atoms with Gasteiger partial charge >= 0.3 is 19.8 Å². The largest absolute Gasteiger partial charge is 0.479 e. The number of carboxylic acids is 2. The molecule has 2 saturated heterocycles. The third kappa shape index (κ3) is 7.83. The molecule has 24 nitrogen and oxygen atoms in total. The lowest BCUT2D eigenvalue weighted by Gasteiger charge is -2.43. The van der Waals surface area contributed by atoms with Gasteiger partial charge in [-0.3, -0.25) is 9.09 Å². The van der Waals surface area contributed by atoms with E-state index in [1.165, 1.54) is 10.9 Å². The van der Waals surface area contributed by atoms with Crippen LogP contribution in [-0.2, 0) is 37.6 Å². The van der Waals surface area contributed by atoms with Gasteiger partial charge in [0.05, 0.1) is 19.5 Å². The molecule has 2 aliphatic heterocycles. The highest BCUT2D eigenvalue weighted by atomic mass is 31.2. The molecule has 4 rings (SSSR count). The number of nitrogens with two attached hydrogens (primary N) is 1. The minimum atomic E-state index is -5.64. The van der Waals surface area contributed by atoms with Gasteiger partial charge in [-0.2, -0.15) is 0 Å². The molecule has 0 saturated carbocycles. The lowest BCUT2D eigenvalue weighted by atomic mass is 9.98. The van der Waals surface area contributed by atoms with E-state index in [9.17, 15) is 55.0 Å². The maximum absolute atomic E-state index is 11.9. The average Bonchev–Trinajstić information content (AvgIpc) is 3.55. The summed E-state index contributed by atoms with van der Waals surface area (Å²) < 4.78 is 38.2. The Bertz CT molecular complexity index is 1460. The van der Waals surface area contributed by atoms with E-state index < -0.39 is 113 Å². The molecule has 4 heterocycles. The second-order valence-electron chi connectivity index (χ2n) is 10.4. The summed E-state index contributed by atoms with van der Waals surface area (Å²) in [6.45, 7) is -1.57. The number of rotatable bonds is 14. The van der Waals surface area contributed by atoms with Crippen molar-refractivity contribution in [1.29, 1.82) is 0 Å². The van der Waals surface area contributed by atoms with Crippen molar-refractivity contribution in [3.63, 3.8) is 0 Å². The Balaban J connectivity index is 1.45. The van der Waals surface area contributed by atoms with Crippen molar-refractivity contribution in [2.75, 3.05) is 18.9 Å². The standard InChI is InChI=1S/C22H32N5O19P/c23-17-7-18(25-3-24-17)27(4-26-7)19-10(31)8(29)6(43-19)2-42-14-5(1-28)44-22(11(32)9(14)30)45-16(21(37)38)12(33)15(13(34)20(35)36)46-47(39,40)41/h3-6,8-16,19,22,28-34H,1-2H2,(H,35,36)(H,37,38)(H2,23,24,25)(H2,39,40,41)/t5-,6-,8-,9-,10-,11-,12+,13-,14-,15+,16+,19-,22+/m1/s1. The number of phosphoric ester groups is 1. The van der Waals surface area contributed by atoms with Gasteiger partial charge in [0.15, 0.2) is 36.2 Å². The van der Waals surface area contributed by atoms with E-state index in [1.807, 2.05) is 0 Å². The molecule has 0 spiro atoms. The van der Waals surface area contributed by atoms with Crippen LogP contribution in [0.3, 0.4) is 0 Å². The Kier molecular flexibility index (Phi) is 11.4. The number of fused-ring (bicyclic) bond motifs is 1. The quantitative estimate of drug-likeness (QED) is 0.0814. The van der Waals surface area contributed by atoms with Crippen molar-refractivity contribution in [2.45, 2.75) is 79.7 Å². The summed E-state index contributed by atoms with van der Waals surface area (Å²) in [6.07, 6.45) is -24.3. The molecule has 264 valence electrons. The zero-order valence-corrected chi connectivity index (χ0v) is 24.5. The number of carboxylic acid groups (broad SMARTS) is 2. The molecular weight excluding hydrogens is 669 g/mol. The minimum absolute atomic E-state index is 0.0418. The van der Waals surface area contributed by atoms with E-state index in [1.54, 1.807) is 0 Å². The summed E-state index contributed by atoms with van der Waals surface area (Å²) >= 11 is 0. The third-order valence-corrected chi connectivity index (χ3v) is 7.78. The highest BCUT2D eigenvalue weighted by Gasteiger charge is 2.51. The summed E-state index contributed by atoms with van der Waals surface area (Å²) in [4.78, 5) is 53.1. The third-order valence-electron chi connectivity index (χ3n) is 7.27. The van der Waals surface area contributed by atoms with Gasteiger partial charge in [-0.15, -0.1) is 0 Å². The van der Waals surface area contributed by atoms with E-state index in [0.29, 0.717) is 0 Å². The number of aliphatic carboxylic acids is 2. The average molecular weight is 701 g/mol. The van der Waals surface area contributed by atoms with E-state index in [4.69, 9.17) is 39.6 Å². The first-order chi connectivity index (χ1) is 22.0. The Morgan fingerprint density at radius 1 is 0.979 bits per heavy atom. The van der Waals surface area contributed by atoms with Crippen LogP contribution in [0, 0.1) is 0 Å². The number of phosphoric acid groups is 1. The summed E-state index contributed by atoms with van der Waals surface area (Å²) in [5.74, 6) is -4.26. The molecule has 13 N–H and O–H groups in total. The molecule has 0 unspecified atom stereocenters. The smallest absolute Gasteiger partial charge is 0.470 e. The number of aliphatic hydroxyl groups is 7. The number of carbonyl (C=O) groups is 2. The van der Waals surface area contributed by atoms with Crippen molar-refractivity contribution >= 4 is 36.7 Å². The van der Waals surface area contributed by atoms with E-state index in [2.05, 4.69) is 19.5 Å². The molecule has 2 fully saturated rings. The van der Waals surface area contributed by atoms with Crippen LogP contribution in [0.5, 0.6) is 0 Å². The lowest BCUT2D eigenvalue weighted by molar-refractivity contribution is -0.324. The number of imidazole rings is 1. The minimum Gasteiger partial charge on any atom is -0.479 e. The van der Waals surface area contributed by atoms with Crippen LogP contribution < -0.4 is 5.73 Å². The van der Waals surface area contributed by atoms with Crippen LogP contribution in [0.15, 0.2) is 12.7 Å². The zero-order chi connectivity index (χ0) is 35.0. The highest BCUT2D eigenvalue weighted by Crippen LogP contribution is 2.40. The molecule has 2 aromatic heterocycles. The monoisotopic (exact) mass is 701 g/mol. The fourth-order valence-corrected chi connectivity index (χ4v) is 5.49. The van der Waals surface area contributed by atoms with Crippen LogP contribution in [0.25, 0.3) is 11.2 Å². The number of nitrogens with zero attached hydrogens (tertiary/aromatic N) is 4. The molecule has 0 amide bonds. The van der Waals surface area contributed by atoms with Gasteiger partial charge in [-0.05, 0) is 0 Å². The summed E-state index contributed by atoms with van der Waals surface area (Å²) in [6, 6.07) is 0. The van der Waals surface area contributed by atoms with Crippen molar-refractivity contribution in [3.05, 3.63) is 12.7 Å². The first-order valence-corrected chi connectivity index (χ1v) is 14.9. The predicted molar refractivity (Wildman–Crippen MR) is 142 cm³/mol. The van der Waals surface area contributed by atoms with Crippen molar-refractivity contribution < 1.29 is 93.4 Å². The van der Waals surface area contributed by atoms with Gasteiger partial charge in [-0.1, -0.05) is 0 Å². The summed E-state index contributed by atoms with van der Waals surface area (Å²) in [5.41, 5.74) is 6.13. The Morgan fingerprint density at radius 3 is 2.26 bits per heavy atom. The predicted octanol–water partition coefficient (Wildman–Crippen LogP) is -6.39. The summed E-state index contributed by atoms with van der Waals surface area (Å²) in [5, 5.41) is 91.3. The first kappa shape index (κ1) is 36.8. The van der Waals surface area contributed by atoms with Gasteiger partial charge in [0.1, 0.15) is 66.8 Å². The topological polar surface area (TPSA) is 390 Å². The van der Waals surface area contributed by atoms with Gasteiger partial charge in [0.2, 0.25) is 0 Å². The van der Waals surface area contributed by atoms with Crippen molar-refractivity contribution in [1.82, 2.24) is 19.5 Å². The van der Waals surface area contributed by atoms with Gasteiger partial charge < -0.3 is 80.4 Å². The molecule has 25 heteroatoms. The maximum Gasteiger partial charge on any atom is 0.470 e. The molecular formula is C22H32N5O19P. The van der Waals surface area contributed by atoms with E-state index in [0.717, 1.165) is 6.33 Å². The molecule has 0 radical (unpaired) electrons. The lowest BCUT2D eigenvalue weighted by Crippen LogP contribution is -2.62. The molecule has 0 aromatic carbocycles. The van der Waals surface area contributed by atoms with Crippen LogP contribution >= 0.6 is 7.82 Å². The van der Waals surface area contributed by atoms with E-state index >= 15 is 0 Å². The number of hydrogen-bond acceptors (Lipinski definition) is 19. The number of aliphatic hydroxyl groups excluding tert-OH is 7. The fourth-order valence-electron chi connectivity index (χ4n) is 4.94. The number of ether oxygens (including phenoxy) is 4. The number of aromatic nitrogens is 4. The number of nitrogen functional groups attached to an aromatic ring is 1. The molecule has 13 atom stereocenters. The molecule has 0 aliphatic carbocycles. The number of hydrogen-bond donors (Lipinski definition) is 12. The van der Waals surface area contributed by atoms with Gasteiger partial charge in [0, 0.05) is 0 Å². The van der Waals surface area contributed by atoms with Crippen molar-refractivity contribution in [2.24, 2.45) is 0 Å². The van der Waals surface area contributed by atoms with Crippen LogP contribution in [0.1, 0.15) is 6.23 Å². The molecule has 2 aromatic rings. The summed E-state index contributed by atoms with van der Waals surface area (Å²) in [7, 11) is -5.64. The van der Waals surface area contributed by atoms with E-state index in [-0.39, 0.29) is 17.0 Å². The SMILES string of the molecule is Nc1ncnc2c1ncn2[C@@H]1O[C@H](CO[C@H]2[C@H](O)[C@@H](O)[C@H](O[C@H](C(=O)O)[C@@H](O)[C@H](OP(=O)(O)O)[C@@H](O)C(=O)O)O[C@@H]2CO)[C@@H](O)[C@H]1O. The van der Waals surface area contributed by atoms with Gasteiger partial charge in [-0.25, -0.2) is 29.1 Å². The molecule has 2 aliphatic rings. The Hall–Kier alpha value is -3.04. The normalized spacial score (nSPS) is 32.6. The van der Waals surface area contributed by atoms with Crippen molar-refractivity contribution in [3.8, 4) is 0 Å². The first-order valence-electron chi connectivity index (χ1n) is 13.4. The molecule has 0 bridgehead atoms. The maximum atomic E-state index is 11.9. The zero-order valence-electron chi connectivity index (χ0n) is 23.6. The van der Waals surface area contributed by atoms with Crippen LogP contribution in [0.2, 0.25) is 0 Å². The van der Waals surface area contributed by atoms with Gasteiger partial charge in [0.25, 0.3) is 0 Å². The second-order valence-corrected chi connectivity index (χ2v) is 11.6. The Morgan fingerprint density at radius 2 is 1.66 bits per heavy atom. The van der Waals surface area contributed by atoms with Crippen LogP contribution in [-0.4, -0.2) is 174 Å². The highest BCUT2D eigenvalue weighted by molar-refractivity contribution is 7.46. The second kappa shape index (κ2) is 14.6. The van der Waals surface area contributed by atoms with Crippen LogP contribution in [0.4, 0.5) is 5.82 Å². The molecule has 47 heavy (non-hydrogen) atoms. The Labute approximate surface area is 261 Å². The fraction of sp³-hybridized carbons (Fsp3) is 0.682. The number of anilines is 1.